The van der Waals surface area contributed by atoms with Gasteiger partial charge in [0, 0.05) is 5.56 Å². The second-order valence-corrected chi connectivity index (χ2v) is 4.92. The summed E-state index contributed by atoms with van der Waals surface area (Å²) in [5.41, 5.74) is 0.900. The van der Waals surface area contributed by atoms with Crippen molar-refractivity contribution in [1.29, 1.82) is 0 Å². The van der Waals surface area contributed by atoms with E-state index in [2.05, 4.69) is 4.98 Å². The van der Waals surface area contributed by atoms with E-state index >= 15 is 0 Å². The predicted octanol–water partition coefficient (Wildman–Crippen LogP) is 3.41. The molecule has 122 valence electrons. The molecule has 0 fully saturated rings. The fraction of sp³-hybridized carbons (Fsp3) is 0.111. The van der Waals surface area contributed by atoms with Crippen molar-refractivity contribution in [3.63, 3.8) is 0 Å². The van der Waals surface area contributed by atoms with E-state index in [4.69, 9.17) is 13.9 Å². The number of methoxy groups -OCH3 is 1. The highest BCUT2D eigenvalue weighted by Gasteiger charge is 2.17. The topological polar surface area (TPSA) is 81.8 Å². The molecule has 0 bridgehead atoms. The molecule has 0 saturated heterocycles. The van der Waals surface area contributed by atoms with Gasteiger partial charge in [-0.2, -0.15) is 0 Å². The molecule has 3 rings (SSSR count). The van der Waals surface area contributed by atoms with Gasteiger partial charge in [-0.25, -0.2) is 9.78 Å². The number of aromatic hydroxyl groups is 1. The average Bonchev–Trinajstić information content (AvgIpc) is 3.10. The lowest BCUT2D eigenvalue weighted by Gasteiger charge is -2.07. The zero-order valence-corrected chi connectivity index (χ0v) is 12.9. The van der Waals surface area contributed by atoms with Gasteiger partial charge in [-0.15, -0.1) is 0 Å². The number of esters is 1. The number of carbonyl (C=O) groups is 1. The Morgan fingerprint density at radius 1 is 1.17 bits per heavy atom. The largest absolute Gasteiger partial charge is 0.504 e. The number of hydrogen-bond donors (Lipinski definition) is 1. The molecule has 0 radical (unpaired) electrons. The molecule has 0 aliphatic heterocycles. The molecule has 0 unspecified atom stereocenters. The maximum Gasteiger partial charge on any atom is 0.342 e. The van der Waals surface area contributed by atoms with Gasteiger partial charge in [0.2, 0.25) is 5.89 Å². The molecule has 24 heavy (non-hydrogen) atoms. The molecule has 6 nitrogen and oxygen atoms in total. The fourth-order valence-corrected chi connectivity index (χ4v) is 2.17. The van der Waals surface area contributed by atoms with Crippen LogP contribution in [0.15, 0.2) is 59.1 Å². The van der Waals surface area contributed by atoms with Crippen LogP contribution in [0.1, 0.15) is 16.2 Å². The van der Waals surface area contributed by atoms with Crippen LogP contribution in [0.4, 0.5) is 0 Å². The van der Waals surface area contributed by atoms with Crippen molar-refractivity contribution in [1.82, 2.24) is 4.98 Å². The highest BCUT2D eigenvalue weighted by molar-refractivity contribution is 5.93. The number of para-hydroxylation sites is 1. The second kappa shape index (κ2) is 6.87. The summed E-state index contributed by atoms with van der Waals surface area (Å²) in [7, 11) is 1.40. The summed E-state index contributed by atoms with van der Waals surface area (Å²) in [5.74, 6) is 0.107. The molecule has 3 aromatic rings. The number of benzene rings is 2. The smallest absolute Gasteiger partial charge is 0.342 e. The third kappa shape index (κ3) is 3.22. The molecule has 1 aromatic heterocycles. The quantitative estimate of drug-likeness (QED) is 0.724. The number of ether oxygens (including phenoxy) is 2. The van der Waals surface area contributed by atoms with Crippen LogP contribution in [-0.2, 0) is 11.3 Å². The minimum absolute atomic E-state index is 0.0178. The van der Waals surface area contributed by atoms with Gasteiger partial charge in [0.1, 0.15) is 5.56 Å². The highest BCUT2D eigenvalue weighted by Crippen LogP contribution is 2.30. The number of oxazole rings is 1. The maximum atomic E-state index is 12.1. The van der Waals surface area contributed by atoms with Crippen LogP contribution in [-0.4, -0.2) is 23.2 Å². The van der Waals surface area contributed by atoms with Crippen molar-refractivity contribution in [3.8, 4) is 22.8 Å². The Hall–Kier alpha value is -3.28. The Labute approximate surface area is 138 Å². The molecule has 0 spiro atoms. The average molecular weight is 325 g/mol. The van der Waals surface area contributed by atoms with Crippen molar-refractivity contribution < 1.29 is 23.8 Å². The summed E-state index contributed by atoms with van der Waals surface area (Å²) in [6.45, 7) is -0.137. The zero-order chi connectivity index (χ0) is 16.9. The van der Waals surface area contributed by atoms with Gasteiger partial charge >= 0.3 is 5.97 Å². The molecule has 0 amide bonds. The number of phenolic OH excluding ortho intramolecular Hbond substituents is 1. The monoisotopic (exact) mass is 325 g/mol. The molecule has 0 atom stereocenters. The Morgan fingerprint density at radius 3 is 2.71 bits per heavy atom. The molecule has 1 heterocycles. The van der Waals surface area contributed by atoms with Gasteiger partial charge in [0.05, 0.1) is 13.3 Å². The Kier molecular flexibility index (Phi) is 4.47. The first kappa shape index (κ1) is 15.6. The van der Waals surface area contributed by atoms with Crippen molar-refractivity contribution in [2.45, 2.75) is 6.61 Å². The van der Waals surface area contributed by atoms with Crippen LogP contribution < -0.4 is 4.74 Å². The van der Waals surface area contributed by atoms with Crippen LogP contribution in [0.25, 0.3) is 11.3 Å². The number of rotatable bonds is 5. The van der Waals surface area contributed by atoms with Crippen LogP contribution in [0.3, 0.4) is 0 Å². The van der Waals surface area contributed by atoms with Gasteiger partial charge in [-0.05, 0) is 12.1 Å². The van der Waals surface area contributed by atoms with Crippen molar-refractivity contribution in [3.05, 3.63) is 66.2 Å². The first-order valence-corrected chi connectivity index (χ1v) is 7.22. The predicted molar refractivity (Wildman–Crippen MR) is 85.7 cm³/mol. The van der Waals surface area contributed by atoms with E-state index < -0.39 is 5.97 Å². The lowest BCUT2D eigenvalue weighted by molar-refractivity contribution is 0.0435. The first-order valence-electron chi connectivity index (χ1n) is 7.22. The number of phenols is 1. The Balaban J connectivity index is 1.68. The molecule has 1 N–H and O–H groups in total. The van der Waals surface area contributed by atoms with Crippen LogP contribution in [0.2, 0.25) is 0 Å². The minimum Gasteiger partial charge on any atom is -0.504 e. The number of nitrogens with zero attached hydrogens (tertiary/aromatic N) is 1. The SMILES string of the molecule is COc1cccc(C(=O)OCc2ncc(-c3ccccc3)o2)c1O. The second-order valence-electron chi connectivity index (χ2n) is 4.92. The lowest BCUT2D eigenvalue weighted by atomic mass is 10.2. The lowest BCUT2D eigenvalue weighted by Crippen LogP contribution is -2.06. The van der Waals surface area contributed by atoms with E-state index in [-0.39, 0.29) is 29.6 Å². The van der Waals surface area contributed by atoms with Gasteiger partial charge < -0.3 is 19.0 Å². The first-order chi connectivity index (χ1) is 11.7. The van der Waals surface area contributed by atoms with Gasteiger partial charge in [-0.3, -0.25) is 0 Å². The van der Waals surface area contributed by atoms with Crippen LogP contribution in [0, 0.1) is 0 Å². The normalized spacial score (nSPS) is 10.4. The van der Waals surface area contributed by atoms with Crippen molar-refractivity contribution >= 4 is 5.97 Å². The van der Waals surface area contributed by atoms with Crippen LogP contribution >= 0.6 is 0 Å². The number of carbonyl (C=O) groups excluding carboxylic acids is 1. The summed E-state index contributed by atoms with van der Waals surface area (Å²) in [4.78, 5) is 16.2. The number of aromatic nitrogens is 1. The van der Waals surface area contributed by atoms with Crippen molar-refractivity contribution in [2.75, 3.05) is 7.11 Å². The third-order valence-electron chi connectivity index (χ3n) is 3.38. The van der Waals surface area contributed by atoms with Crippen molar-refractivity contribution in [2.24, 2.45) is 0 Å². The van der Waals surface area contributed by atoms with E-state index in [9.17, 15) is 9.90 Å². The molecule has 2 aromatic carbocycles. The van der Waals surface area contributed by atoms with E-state index in [1.54, 1.807) is 18.3 Å². The van der Waals surface area contributed by atoms with Gasteiger partial charge in [-0.1, -0.05) is 36.4 Å². The van der Waals surface area contributed by atoms with Gasteiger partial charge in [0.15, 0.2) is 23.9 Å². The molecule has 0 aliphatic carbocycles. The molecular formula is C18H15NO5. The summed E-state index contributed by atoms with van der Waals surface area (Å²) in [6.07, 6.45) is 1.57. The van der Waals surface area contributed by atoms with Gasteiger partial charge in [0.25, 0.3) is 0 Å². The molecular weight excluding hydrogens is 310 g/mol. The minimum atomic E-state index is -0.689. The van der Waals surface area contributed by atoms with E-state index in [1.165, 1.54) is 13.2 Å². The standard InChI is InChI=1S/C18H15NO5/c1-22-14-9-5-8-13(17(14)20)18(21)23-11-16-19-10-15(24-16)12-6-3-2-4-7-12/h2-10,20H,11H2,1H3. The summed E-state index contributed by atoms with van der Waals surface area (Å²) in [6, 6.07) is 14.1. The summed E-state index contributed by atoms with van der Waals surface area (Å²) < 4.78 is 15.7. The molecule has 6 heteroatoms. The summed E-state index contributed by atoms with van der Waals surface area (Å²) >= 11 is 0. The molecule has 0 saturated carbocycles. The third-order valence-corrected chi connectivity index (χ3v) is 3.38. The summed E-state index contributed by atoms with van der Waals surface area (Å²) in [5, 5.41) is 9.94. The zero-order valence-electron chi connectivity index (χ0n) is 12.9. The van der Waals surface area contributed by atoms with E-state index in [1.807, 2.05) is 30.3 Å². The Morgan fingerprint density at radius 2 is 1.96 bits per heavy atom. The van der Waals surface area contributed by atoms with E-state index in [0.29, 0.717) is 5.76 Å². The molecule has 0 aliphatic rings. The maximum absolute atomic E-state index is 12.1. The Bertz CT molecular complexity index is 842. The highest BCUT2D eigenvalue weighted by atomic mass is 16.5. The number of hydrogen-bond acceptors (Lipinski definition) is 6. The van der Waals surface area contributed by atoms with E-state index in [0.717, 1.165) is 5.56 Å². The fourth-order valence-electron chi connectivity index (χ4n) is 2.17. The van der Waals surface area contributed by atoms with Crippen LogP contribution in [0.5, 0.6) is 11.5 Å².